The van der Waals surface area contributed by atoms with Crippen molar-refractivity contribution < 1.29 is 9.21 Å². The van der Waals surface area contributed by atoms with Gasteiger partial charge in [-0.2, -0.15) is 0 Å². The standard InChI is InChI=1S/C18H19BrN2O3/c1-10-14-8-11(19)2-5-15(14)24-18(23)16(10)17(22)21-12-3-4-13(21)9-20-7-6-12/h2,5,8,12-13,20H,3-4,6-7,9H2,1H3. The van der Waals surface area contributed by atoms with Crippen LogP contribution in [0.25, 0.3) is 11.0 Å². The van der Waals surface area contributed by atoms with Crippen LogP contribution in [0.15, 0.2) is 31.9 Å². The van der Waals surface area contributed by atoms with E-state index in [0.29, 0.717) is 11.1 Å². The van der Waals surface area contributed by atoms with Crippen LogP contribution in [0.5, 0.6) is 0 Å². The van der Waals surface area contributed by atoms with Crippen molar-refractivity contribution in [2.75, 3.05) is 13.1 Å². The number of benzene rings is 1. The Balaban J connectivity index is 1.84. The average molecular weight is 391 g/mol. The summed E-state index contributed by atoms with van der Waals surface area (Å²) in [4.78, 5) is 27.6. The lowest BCUT2D eigenvalue weighted by Crippen LogP contribution is -2.44. The SMILES string of the molecule is Cc1c(C(=O)N2C3CCNCC2CC3)c(=O)oc2ccc(Br)cc12. The molecule has 2 unspecified atom stereocenters. The predicted octanol–water partition coefficient (Wildman–Crippen LogP) is 2.83. The molecule has 2 bridgehead atoms. The summed E-state index contributed by atoms with van der Waals surface area (Å²) < 4.78 is 6.32. The van der Waals surface area contributed by atoms with Gasteiger partial charge in [0.25, 0.3) is 5.91 Å². The van der Waals surface area contributed by atoms with E-state index < -0.39 is 5.63 Å². The maximum absolute atomic E-state index is 13.2. The highest BCUT2D eigenvalue weighted by atomic mass is 79.9. The molecule has 0 aliphatic carbocycles. The van der Waals surface area contributed by atoms with Gasteiger partial charge in [-0.15, -0.1) is 0 Å². The van der Waals surface area contributed by atoms with Crippen LogP contribution < -0.4 is 10.9 Å². The fourth-order valence-corrected chi connectivity index (χ4v) is 4.37. The van der Waals surface area contributed by atoms with Crippen LogP contribution in [0.3, 0.4) is 0 Å². The van der Waals surface area contributed by atoms with Gasteiger partial charge >= 0.3 is 5.63 Å². The highest BCUT2D eigenvalue weighted by Gasteiger charge is 2.40. The van der Waals surface area contributed by atoms with Gasteiger partial charge in [0.2, 0.25) is 0 Å². The number of hydrogen-bond acceptors (Lipinski definition) is 4. The molecular formula is C18H19BrN2O3. The molecule has 1 N–H and O–H groups in total. The average Bonchev–Trinajstić information content (AvgIpc) is 2.81. The number of carbonyl (C=O) groups excluding carboxylic acids is 1. The monoisotopic (exact) mass is 390 g/mol. The van der Waals surface area contributed by atoms with Crippen molar-refractivity contribution in [2.24, 2.45) is 0 Å². The van der Waals surface area contributed by atoms with Gasteiger partial charge in [0.15, 0.2) is 0 Å². The fraction of sp³-hybridized carbons (Fsp3) is 0.444. The summed E-state index contributed by atoms with van der Waals surface area (Å²) >= 11 is 3.44. The maximum atomic E-state index is 13.2. The molecule has 2 aliphatic rings. The number of nitrogens with one attached hydrogen (secondary N) is 1. The van der Waals surface area contributed by atoms with Crippen LogP contribution in [0.4, 0.5) is 0 Å². The van der Waals surface area contributed by atoms with Gasteiger partial charge in [-0.1, -0.05) is 15.9 Å². The first-order valence-electron chi connectivity index (χ1n) is 8.32. The Bertz CT molecular complexity index is 862. The Morgan fingerprint density at radius 1 is 1.29 bits per heavy atom. The van der Waals surface area contributed by atoms with Gasteiger partial charge in [-0.3, -0.25) is 4.79 Å². The van der Waals surface area contributed by atoms with Gasteiger partial charge < -0.3 is 14.6 Å². The molecule has 2 saturated heterocycles. The Kier molecular flexibility index (Phi) is 3.96. The second-order valence-electron chi connectivity index (χ2n) is 6.62. The summed E-state index contributed by atoms with van der Waals surface area (Å²) in [6.45, 7) is 3.55. The molecule has 4 rings (SSSR count). The van der Waals surface area contributed by atoms with Gasteiger partial charge in [0, 0.05) is 28.5 Å². The van der Waals surface area contributed by atoms with E-state index in [1.165, 1.54) is 0 Å². The molecule has 126 valence electrons. The van der Waals surface area contributed by atoms with Crippen LogP contribution in [0, 0.1) is 6.92 Å². The highest BCUT2D eigenvalue weighted by Crippen LogP contribution is 2.31. The molecule has 24 heavy (non-hydrogen) atoms. The second kappa shape index (κ2) is 6.01. The molecule has 0 saturated carbocycles. The Hall–Kier alpha value is -1.66. The normalized spacial score (nSPS) is 23.5. The molecule has 1 aromatic carbocycles. The second-order valence-corrected chi connectivity index (χ2v) is 7.54. The van der Waals surface area contributed by atoms with Gasteiger partial charge in [0.1, 0.15) is 11.1 Å². The first-order valence-corrected chi connectivity index (χ1v) is 9.12. The van der Waals surface area contributed by atoms with Crippen molar-refractivity contribution in [1.82, 2.24) is 10.2 Å². The van der Waals surface area contributed by atoms with E-state index in [1.807, 2.05) is 24.0 Å². The van der Waals surface area contributed by atoms with Crippen LogP contribution in [-0.4, -0.2) is 36.0 Å². The number of halogens is 1. The molecule has 2 aliphatic heterocycles. The molecule has 1 aromatic heterocycles. The zero-order valence-electron chi connectivity index (χ0n) is 13.5. The molecule has 2 aromatic rings. The third-order valence-corrected chi connectivity index (χ3v) is 5.72. The lowest BCUT2D eigenvalue weighted by Gasteiger charge is -2.28. The summed E-state index contributed by atoms with van der Waals surface area (Å²) in [6.07, 6.45) is 2.94. The largest absolute Gasteiger partial charge is 0.422 e. The molecule has 6 heteroatoms. The predicted molar refractivity (Wildman–Crippen MR) is 95.4 cm³/mol. The van der Waals surface area contributed by atoms with Crippen LogP contribution >= 0.6 is 15.9 Å². The Morgan fingerprint density at radius 2 is 2.08 bits per heavy atom. The number of amides is 1. The first kappa shape index (κ1) is 15.8. The minimum atomic E-state index is -0.538. The van der Waals surface area contributed by atoms with E-state index in [0.717, 1.165) is 42.2 Å². The Labute approximate surface area is 148 Å². The maximum Gasteiger partial charge on any atom is 0.349 e. The van der Waals surface area contributed by atoms with Crippen LogP contribution in [-0.2, 0) is 0 Å². The van der Waals surface area contributed by atoms with Crippen molar-refractivity contribution in [1.29, 1.82) is 0 Å². The molecule has 2 fully saturated rings. The first-order chi connectivity index (χ1) is 11.6. The van der Waals surface area contributed by atoms with Crippen molar-refractivity contribution in [2.45, 2.75) is 38.3 Å². The van der Waals surface area contributed by atoms with E-state index in [1.54, 1.807) is 6.07 Å². The topological polar surface area (TPSA) is 62.6 Å². The van der Waals surface area contributed by atoms with Crippen molar-refractivity contribution in [3.8, 4) is 0 Å². The van der Waals surface area contributed by atoms with E-state index >= 15 is 0 Å². The number of rotatable bonds is 1. The summed E-state index contributed by atoms with van der Waals surface area (Å²) in [6, 6.07) is 5.86. The number of nitrogens with zero attached hydrogens (tertiary/aromatic N) is 1. The smallest absolute Gasteiger partial charge is 0.349 e. The summed E-state index contributed by atoms with van der Waals surface area (Å²) in [5.41, 5.74) is 0.852. The van der Waals surface area contributed by atoms with Crippen LogP contribution in [0.1, 0.15) is 35.2 Å². The summed E-state index contributed by atoms with van der Waals surface area (Å²) in [5.74, 6) is -0.181. The molecule has 0 spiro atoms. The lowest BCUT2D eigenvalue weighted by atomic mass is 10.0. The fourth-order valence-electron chi connectivity index (χ4n) is 4.01. The van der Waals surface area contributed by atoms with E-state index in [2.05, 4.69) is 21.2 Å². The van der Waals surface area contributed by atoms with Crippen LogP contribution in [0.2, 0.25) is 0 Å². The molecule has 0 radical (unpaired) electrons. The Morgan fingerprint density at radius 3 is 2.92 bits per heavy atom. The molecule has 3 heterocycles. The number of aryl methyl sites for hydroxylation is 1. The van der Waals surface area contributed by atoms with Gasteiger partial charge in [-0.25, -0.2) is 4.79 Å². The van der Waals surface area contributed by atoms with E-state index in [-0.39, 0.29) is 23.6 Å². The third kappa shape index (κ3) is 2.48. The van der Waals surface area contributed by atoms with Crippen molar-refractivity contribution in [3.05, 3.63) is 44.2 Å². The lowest BCUT2D eigenvalue weighted by molar-refractivity contribution is 0.0675. The number of fused-ring (bicyclic) bond motifs is 3. The van der Waals surface area contributed by atoms with Gasteiger partial charge in [-0.05, 0) is 56.5 Å². The number of hydrogen-bond donors (Lipinski definition) is 1. The minimum Gasteiger partial charge on any atom is -0.422 e. The third-order valence-electron chi connectivity index (χ3n) is 5.23. The molecule has 5 nitrogen and oxygen atoms in total. The van der Waals surface area contributed by atoms with Gasteiger partial charge in [0.05, 0.1) is 0 Å². The van der Waals surface area contributed by atoms with Crippen molar-refractivity contribution in [3.63, 3.8) is 0 Å². The molecular weight excluding hydrogens is 372 g/mol. The molecule has 2 atom stereocenters. The highest BCUT2D eigenvalue weighted by molar-refractivity contribution is 9.10. The number of carbonyl (C=O) groups is 1. The zero-order valence-corrected chi connectivity index (χ0v) is 15.1. The van der Waals surface area contributed by atoms with E-state index in [9.17, 15) is 9.59 Å². The zero-order chi connectivity index (χ0) is 16.8. The quantitative estimate of drug-likeness (QED) is 0.760. The van der Waals surface area contributed by atoms with E-state index in [4.69, 9.17) is 4.42 Å². The van der Waals surface area contributed by atoms with Crippen molar-refractivity contribution >= 4 is 32.8 Å². The summed E-state index contributed by atoms with van der Waals surface area (Å²) in [5, 5.41) is 4.18. The molecule has 1 amide bonds. The minimum absolute atomic E-state index is 0.169. The summed E-state index contributed by atoms with van der Waals surface area (Å²) in [7, 11) is 0.